The van der Waals surface area contributed by atoms with E-state index in [2.05, 4.69) is 0 Å². The van der Waals surface area contributed by atoms with Crippen LogP contribution >= 0.6 is 11.6 Å². The molecule has 0 aliphatic heterocycles. The van der Waals surface area contributed by atoms with Gasteiger partial charge in [0.2, 0.25) is 0 Å². The molecule has 0 aromatic heterocycles. The Bertz CT molecular complexity index is 545. The minimum absolute atomic E-state index is 0.471. The molecule has 6 nitrogen and oxygen atoms in total. The maximum Gasteiger partial charge on any atom is 0.319 e. The Morgan fingerprint density at radius 3 is 1.62 bits per heavy atom. The summed E-state index contributed by atoms with van der Waals surface area (Å²) in [5.74, 6) is 0. The minimum Gasteiger partial charge on any atom is -0.283 e. The Hall–Kier alpha value is -0.670. The van der Waals surface area contributed by atoms with Gasteiger partial charge in [-0.15, -0.1) is 0 Å². The number of alkyl halides is 1. The molecule has 0 saturated carbocycles. The monoisotopic (exact) mass is 286 g/mol. The van der Waals surface area contributed by atoms with E-state index in [1.807, 2.05) is 0 Å². The molecule has 2 N–H and O–H groups in total. The second-order valence-corrected chi connectivity index (χ2v) is 7.25. The SMILES string of the molecule is O=S(=O)(O)C(Cl)(c1ccccc1)S(=O)(=O)O. The Morgan fingerprint density at radius 2 is 1.31 bits per heavy atom. The van der Waals surface area contributed by atoms with Crippen molar-refractivity contribution >= 4 is 31.8 Å². The van der Waals surface area contributed by atoms with Crippen LogP contribution < -0.4 is 0 Å². The lowest BCUT2D eigenvalue weighted by Gasteiger charge is -2.20. The number of hydrogen-bond acceptors (Lipinski definition) is 4. The normalized spacial score (nSPS) is 13.7. The molecule has 1 aromatic carbocycles. The van der Waals surface area contributed by atoms with Gasteiger partial charge in [-0.3, -0.25) is 9.11 Å². The molecule has 0 saturated heterocycles. The average molecular weight is 287 g/mol. The summed E-state index contributed by atoms with van der Waals surface area (Å²) in [5.41, 5.74) is -0.471. The fourth-order valence-corrected chi connectivity index (χ4v) is 3.13. The zero-order valence-corrected chi connectivity index (χ0v) is 10.00. The Morgan fingerprint density at radius 1 is 0.938 bits per heavy atom. The number of rotatable bonds is 3. The molecule has 0 radical (unpaired) electrons. The summed E-state index contributed by atoms with van der Waals surface area (Å²) in [7, 11) is -10.5. The molecule has 0 bridgehead atoms. The zero-order chi connectivity index (χ0) is 12.6. The third-order valence-electron chi connectivity index (χ3n) is 1.78. The average Bonchev–Trinajstić information content (AvgIpc) is 2.14. The molecule has 1 rings (SSSR count). The van der Waals surface area contributed by atoms with E-state index >= 15 is 0 Å². The quantitative estimate of drug-likeness (QED) is 0.629. The van der Waals surface area contributed by atoms with Crippen molar-refractivity contribution in [3.05, 3.63) is 35.9 Å². The van der Waals surface area contributed by atoms with Crippen LogP contribution in [-0.2, 0) is 23.8 Å². The summed E-state index contributed by atoms with van der Waals surface area (Å²) in [5, 5.41) is 0. The second-order valence-electron chi connectivity index (χ2n) is 2.85. The van der Waals surface area contributed by atoms with E-state index < -0.39 is 29.3 Å². The van der Waals surface area contributed by atoms with Crippen molar-refractivity contribution in [2.75, 3.05) is 0 Å². The summed E-state index contributed by atoms with van der Waals surface area (Å²) in [4.78, 5) is 0. The number of hydrogen-bond donors (Lipinski definition) is 2. The van der Waals surface area contributed by atoms with Crippen LogP contribution in [0.1, 0.15) is 5.56 Å². The first-order valence-corrected chi connectivity index (χ1v) is 7.05. The zero-order valence-electron chi connectivity index (χ0n) is 7.61. The molecule has 0 amide bonds. The first-order chi connectivity index (χ1) is 7.11. The standard InChI is InChI=1S/C7H7ClO6S2/c8-7(15(9,10)11,16(12,13)14)6-4-2-1-3-5-6/h1-5H,(H,9,10,11)(H,12,13,14). The molecule has 90 valence electrons. The predicted octanol–water partition coefficient (Wildman–Crippen LogP) is 0.811. The molecule has 0 unspecified atom stereocenters. The van der Waals surface area contributed by atoms with E-state index in [1.54, 1.807) is 0 Å². The summed E-state index contributed by atoms with van der Waals surface area (Å²) < 4.78 is 58.3. The first kappa shape index (κ1) is 13.4. The molecule has 0 fully saturated rings. The van der Waals surface area contributed by atoms with Crippen molar-refractivity contribution in [3.63, 3.8) is 0 Å². The molecule has 16 heavy (non-hydrogen) atoms. The van der Waals surface area contributed by atoms with Crippen molar-refractivity contribution in [2.24, 2.45) is 0 Å². The van der Waals surface area contributed by atoms with Crippen LogP contribution in [-0.4, -0.2) is 25.9 Å². The fourth-order valence-electron chi connectivity index (χ4n) is 1.07. The van der Waals surface area contributed by atoms with E-state index in [9.17, 15) is 16.8 Å². The van der Waals surface area contributed by atoms with E-state index in [1.165, 1.54) is 18.2 Å². The number of benzene rings is 1. The summed E-state index contributed by atoms with van der Waals surface area (Å²) in [6.07, 6.45) is 0. The second kappa shape index (κ2) is 3.97. The minimum atomic E-state index is -5.25. The number of halogens is 1. The molecule has 9 heteroatoms. The molecule has 0 spiro atoms. The van der Waals surface area contributed by atoms with Gasteiger partial charge in [0, 0.05) is 5.56 Å². The van der Waals surface area contributed by atoms with Crippen molar-refractivity contribution in [2.45, 2.75) is 3.54 Å². The highest BCUT2D eigenvalue weighted by atomic mass is 35.5. The third kappa shape index (κ3) is 2.06. The van der Waals surface area contributed by atoms with Crippen molar-refractivity contribution in [3.8, 4) is 0 Å². The van der Waals surface area contributed by atoms with Crippen LogP contribution in [0.5, 0.6) is 0 Å². The highest BCUT2D eigenvalue weighted by molar-refractivity contribution is 8.06. The Kier molecular flexibility index (Phi) is 3.32. The van der Waals surface area contributed by atoms with Gasteiger partial charge in [0.25, 0.3) is 0 Å². The lowest BCUT2D eigenvalue weighted by molar-refractivity contribution is 0.449. The predicted molar refractivity (Wildman–Crippen MR) is 57.1 cm³/mol. The third-order valence-corrected chi connectivity index (χ3v) is 6.23. The van der Waals surface area contributed by atoms with Crippen LogP contribution in [0.2, 0.25) is 0 Å². The van der Waals surface area contributed by atoms with Gasteiger partial charge >= 0.3 is 23.8 Å². The van der Waals surface area contributed by atoms with Crippen molar-refractivity contribution in [1.82, 2.24) is 0 Å². The van der Waals surface area contributed by atoms with Crippen LogP contribution in [0.4, 0.5) is 0 Å². The first-order valence-electron chi connectivity index (χ1n) is 3.79. The van der Waals surface area contributed by atoms with E-state index in [0.29, 0.717) is 0 Å². The fraction of sp³-hybridized carbons (Fsp3) is 0.143. The Labute approximate surface area is 97.4 Å². The topological polar surface area (TPSA) is 109 Å². The van der Waals surface area contributed by atoms with Gasteiger partial charge in [-0.05, 0) is 0 Å². The molecule has 0 atom stereocenters. The van der Waals surface area contributed by atoms with Gasteiger partial charge in [0.1, 0.15) is 0 Å². The van der Waals surface area contributed by atoms with Crippen molar-refractivity contribution < 1.29 is 25.9 Å². The molecule has 0 aliphatic rings. The Balaban J connectivity index is 3.66. The van der Waals surface area contributed by atoms with Crippen LogP contribution in [0, 0.1) is 0 Å². The van der Waals surface area contributed by atoms with Gasteiger partial charge in [-0.2, -0.15) is 16.8 Å². The molecular formula is C7H7ClO6S2. The maximum atomic E-state index is 11.0. The maximum absolute atomic E-state index is 11.0. The van der Waals surface area contributed by atoms with Crippen molar-refractivity contribution in [1.29, 1.82) is 0 Å². The van der Waals surface area contributed by atoms with E-state index in [4.69, 9.17) is 20.7 Å². The summed E-state index contributed by atoms with van der Waals surface area (Å²) >= 11 is 5.34. The van der Waals surface area contributed by atoms with E-state index in [-0.39, 0.29) is 0 Å². The lowest BCUT2D eigenvalue weighted by Crippen LogP contribution is -2.37. The van der Waals surface area contributed by atoms with Crippen LogP contribution in [0.3, 0.4) is 0 Å². The van der Waals surface area contributed by atoms with Gasteiger partial charge < -0.3 is 0 Å². The highest BCUT2D eigenvalue weighted by Crippen LogP contribution is 2.39. The van der Waals surface area contributed by atoms with Gasteiger partial charge in [0.15, 0.2) is 0 Å². The van der Waals surface area contributed by atoms with Gasteiger partial charge in [-0.25, -0.2) is 0 Å². The summed E-state index contributed by atoms with van der Waals surface area (Å²) in [6, 6.07) is 6.20. The molecule has 1 aromatic rings. The summed E-state index contributed by atoms with van der Waals surface area (Å²) in [6.45, 7) is 0. The lowest BCUT2D eigenvalue weighted by atomic mass is 10.2. The van der Waals surface area contributed by atoms with Gasteiger partial charge in [0.05, 0.1) is 0 Å². The smallest absolute Gasteiger partial charge is 0.283 e. The van der Waals surface area contributed by atoms with E-state index in [0.717, 1.165) is 12.1 Å². The highest BCUT2D eigenvalue weighted by Gasteiger charge is 2.54. The van der Waals surface area contributed by atoms with Crippen LogP contribution in [0.15, 0.2) is 30.3 Å². The molecular weight excluding hydrogens is 280 g/mol. The molecule has 0 aliphatic carbocycles. The largest absolute Gasteiger partial charge is 0.319 e. The van der Waals surface area contributed by atoms with Gasteiger partial charge in [-0.1, -0.05) is 41.9 Å². The van der Waals surface area contributed by atoms with Crippen LogP contribution in [0.25, 0.3) is 0 Å². The molecule has 0 heterocycles.